The molecule has 1 unspecified atom stereocenters. The summed E-state index contributed by atoms with van der Waals surface area (Å²) in [7, 11) is 0. The Bertz CT molecular complexity index is 543. The molecule has 0 aliphatic carbocycles. The van der Waals surface area contributed by atoms with E-state index in [0.29, 0.717) is 13.2 Å². The highest BCUT2D eigenvalue weighted by atomic mass is 16.6. The van der Waals surface area contributed by atoms with Crippen molar-refractivity contribution in [3.8, 4) is 0 Å². The molecule has 2 heterocycles. The topological polar surface area (TPSA) is 57.4 Å². The molecule has 1 aromatic heterocycles. The van der Waals surface area contributed by atoms with Crippen LogP contribution in [0.5, 0.6) is 0 Å². The fourth-order valence-corrected chi connectivity index (χ4v) is 1.97. The second-order valence-corrected chi connectivity index (χ2v) is 4.22. The minimum Gasteiger partial charge on any atom is -0.363 e. The van der Waals surface area contributed by atoms with Crippen LogP contribution in [0.25, 0.3) is 10.9 Å². The number of hydrogen-bond donors (Lipinski definition) is 2. The highest BCUT2D eigenvalue weighted by Gasteiger charge is 2.30. The summed E-state index contributed by atoms with van der Waals surface area (Å²) in [5.74, 6) is 0.00448. The molecule has 1 saturated heterocycles. The molecule has 17 heavy (non-hydrogen) atoms. The number of aromatic nitrogens is 1. The van der Waals surface area contributed by atoms with Crippen LogP contribution in [-0.2, 0) is 16.0 Å². The summed E-state index contributed by atoms with van der Waals surface area (Å²) < 4.78 is 4.91. The van der Waals surface area contributed by atoms with Crippen LogP contribution in [0.3, 0.4) is 0 Å². The van der Waals surface area contributed by atoms with Crippen molar-refractivity contribution in [2.75, 3.05) is 13.2 Å². The van der Waals surface area contributed by atoms with Crippen molar-refractivity contribution in [3.63, 3.8) is 0 Å². The van der Waals surface area contributed by atoms with Crippen LogP contribution in [0.15, 0.2) is 30.5 Å². The molecule has 1 aromatic carbocycles. The van der Waals surface area contributed by atoms with Gasteiger partial charge in [-0.1, -0.05) is 18.2 Å². The summed E-state index contributed by atoms with van der Waals surface area (Å²) >= 11 is 0. The quantitative estimate of drug-likeness (QED) is 0.776. The standard InChI is InChI=1S/C13H14N2O2/c16-13(12-8-17-12)14-6-5-9-7-15-11-4-2-1-3-10(9)11/h1-4,7,12,15H,5-6,8H2,(H,14,16). The molecule has 0 saturated carbocycles. The number of epoxide rings is 1. The van der Waals surface area contributed by atoms with Crippen molar-refractivity contribution in [3.05, 3.63) is 36.0 Å². The van der Waals surface area contributed by atoms with Crippen LogP contribution in [0, 0.1) is 0 Å². The Balaban J connectivity index is 1.62. The molecule has 1 aliphatic heterocycles. The number of amides is 1. The van der Waals surface area contributed by atoms with E-state index in [1.54, 1.807) is 0 Å². The van der Waals surface area contributed by atoms with E-state index in [1.165, 1.54) is 10.9 Å². The number of fused-ring (bicyclic) bond motifs is 1. The second-order valence-electron chi connectivity index (χ2n) is 4.22. The maximum Gasteiger partial charge on any atom is 0.251 e. The highest BCUT2D eigenvalue weighted by Crippen LogP contribution is 2.17. The molecule has 0 bridgehead atoms. The molecule has 1 amide bonds. The third-order valence-corrected chi connectivity index (χ3v) is 2.99. The van der Waals surface area contributed by atoms with Gasteiger partial charge in [0.05, 0.1) is 6.61 Å². The van der Waals surface area contributed by atoms with Gasteiger partial charge in [0.25, 0.3) is 5.91 Å². The number of benzene rings is 1. The third-order valence-electron chi connectivity index (χ3n) is 2.99. The number of para-hydroxylation sites is 1. The van der Waals surface area contributed by atoms with Gasteiger partial charge < -0.3 is 15.0 Å². The van der Waals surface area contributed by atoms with Crippen LogP contribution in [-0.4, -0.2) is 30.1 Å². The van der Waals surface area contributed by atoms with Crippen molar-refractivity contribution in [2.24, 2.45) is 0 Å². The minimum absolute atomic E-state index is 0.00448. The highest BCUT2D eigenvalue weighted by molar-refractivity contribution is 5.84. The number of hydrogen-bond acceptors (Lipinski definition) is 2. The monoisotopic (exact) mass is 230 g/mol. The molecular weight excluding hydrogens is 216 g/mol. The lowest BCUT2D eigenvalue weighted by atomic mass is 10.1. The Morgan fingerprint density at radius 2 is 2.29 bits per heavy atom. The fraction of sp³-hybridized carbons (Fsp3) is 0.308. The Kier molecular flexibility index (Phi) is 2.57. The van der Waals surface area contributed by atoms with Crippen molar-refractivity contribution >= 4 is 16.8 Å². The van der Waals surface area contributed by atoms with Gasteiger partial charge >= 0.3 is 0 Å². The smallest absolute Gasteiger partial charge is 0.251 e. The maximum atomic E-state index is 11.4. The Hall–Kier alpha value is -1.81. The third kappa shape index (κ3) is 2.17. The Morgan fingerprint density at radius 3 is 3.12 bits per heavy atom. The van der Waals surface area contributed by atoms with E-state index in [1.807, 2.05) is 18.3 Å². The molecule has 88 valence electrons. The Labute approximate surface area is 99.0 Å². The number of rotatable bonds is 4. The van der Waals surface area contributed by atoms with Gasteiger partial charge in [0.15, 0.2) is 6.10 Å². The van der Waals surface area contributed by atoms with Gasteiger partial charge in [0, 0.05) is 23.6 Å². The van der Waals surface area contributed by atoms with Gasteiger partial charge in [-0.2, -0.15) is 0 Å². The van der Waals surface area contributed by atoms with E-state index in [2.05, 4.69) is 22.4 Å². The van der Waals surface area contributed by atoms with Crippen LogP contribution in [0.4, 0.5) is 0 Å². The summed E-state index contributed by atoms with van der Waals surface area (Å²) in [6.07, 6.45) is 2.64. The molecule has 1 aliphatic rings. The SMILES string of the molecule is O=C(NCCc1c[nH]c2ccccc12)C1CO1. The van der Waals surface area contributed by atoms with Crippen LogP contribution in [0.1, 0.15) is 5.56 Å². The van der Waals surface area contributed by atoms with E-state index < -0.39 is 0 Å². The van der Waals surface area contributed by atoms with Gasteiger partial charge in [-0.25, -0.2) is 0 Å². The summed E-state index contributed by atoms with van der Waals surface area (Å²) in [6.45, 7) is 1.22. The van der Waals surface area contributed by atoms with Gasteiger partial charge in [0.1, 0.15) is 0 Å². The molecule has 0 radical (unpaired) electrons. The number of H-pyrrole nitrogens is 1. The number of ether oxygens (including phenoxy) is 1. The van der Waals surface area contributed by atoms with E-state index in [4.69, 9.17) is 4.74 Å². The lowest BCUT2D eigenvalue weighted by Crippen LogP contribution is -2.29. The Morgan fingerprint density at radius 1 is 1.47 bits per heavy atom. The molecule has 4 heteroatoms. The van der Waals surface area contributed by atoms with E-state index >= 15 is 0 Å². The number of aromatic amines is 1. The number of carbonyl (C=O) groups is 1. The number of carbonyl (C=O) groups excluding carboxylic acids is 1. The summed E-state index contributed by atoms with van der Waals surface area (Å²) in [5.41, 5.74) is 2.37. The van der Waals surface area contributed by atoms with Gasteiger partial charge in [-0.3, -0.25) is 4.79 Å². The average Bonchev–Trinajstić information content (AvgIpc) is 3.12. The first-order valence-corrected chi connectivity index (χ1v) is 5.79. The summed E-state index contributed by atoms with van der Waals surface area (Å²) in [5, 5.41) is 4.10. The lowest BCUT2D eigenvalue weighted by molar-refractivity contribution is -0.122. The van der Waals surface area contributed by atoms with E-state index in [9.17, 15) is 4.79 Å². The molecule has 4 nitrogen and oxygen atoms in total. The van der Waals surface area contributed by atoms with Crippen LogP contribution in [0.2, 0.25) is 0 Å². The van der Waals surface area contributed by atoms with Crippen molar-refractivity contribution in [2.45, 2.75) is 12.5 Å². The molecular formula is C13H14N2O2. The molecule has 1 atom stereocenters. The molecule has 0 spiro atoms. The van der Waals surface area contributed by atoms with Gasteiger partial charge in [0.2, 0.25) is 0 Å². The zero-order valence-corrected chi connectivity index (χ0v) is 9.40. The lowest BCUT2D eigenvalue weighted by Gasteiger charge is -2.02. The zero-order valence-electron chi connectivity index (χ0n) is 9.40. The average molecular weight is 230 g/mol. The van der Waals surface area contributed by atoms with E-state index in [0.717, 1.165) is 11.9 Å². The molecule has 3 rings (SSSR count). The predicted molar refractivity (Wildman–Crippen MR) is 64.8 cm³/mol. The first-order chi connectivity index (χ1) is 8.34. The first kappa shape index (κ1) is 10.4. The van der Waals surface area contributed by atoms with Crippen molar-refractivity contribution < 1.29 is 9.53 Å². The molecule has 2 N–H and O–H groups in total. The summed E-state index contributed by atoms with van der Waals surface area (Å²) in [6, 6.07) is 8.17. The van der Waals surface area contributed by atoms with Gasteiger partial charge in [-0.05, 0) is 18.1 Å². The van der Waals surface area contributed by atoms with E-state index in [-0.39, 0.29) is 12.0 Å². The first-order valence-electron chi connectivity index (χ1n) is 5.79. The predicted octanol–water partition coefficient (Wildman–Crippen LogP) is 1.23. The zero-order chi connectivity index (χ0) is 11.7. The fourth-order valence-electron chi connectivity index (χ4n) is 1.97. The van der Waals surface area contributed by atoms with Crippen molar-refractivity contribution in [1.82, 2.24) is 10.3 Å². The van der Waals surface area contributed by atoms with Gasteiger partial charge in [-0.15, -0.1) is 0 Å². The normalized spacial score (nSPS) is 18.2. The minimum atomic E-state index is -0.196. The van der Waals surface area contributed by atoms with Crippen molar-refractivity contribution in [1.29, 1.82) is 0 Å². The summed E-state index contributed by atoms with van der Waals surface area (Å²) in [4.78, 5) is 14.6. The largest absolute Gasteiger partial charge is 0.363 e. The number of nitrogens with one attached hydrogen (secondary N) is 2. The molecule has 2 aromatic rings. The second kappa shape index (κ2) is 4.22. The van der Waals surface area contributed by atoms with Crippen LogP contribution < -0.4 is 5.32 Å². The van der Waals surface area contributed by atoms with Crippen LogP contribution >= 0.6 is 0 Å². The maximum absolute atomic E-state index is 11.4. The molecule has 1 fully saturated rings.